The Morgan fingerprint density at radius 2 is 1.31 bits per heavy atom. The maximum atomic E-state index is 12.2. The zero-order valence-electron chi connectivity index (χ0n) is 18.2. The molecule has 2 N–H and O–H groups in total. The van der Waals surface area contributed by atoms with Crippen LogP contribution in [0.5, 0.6) is 0 Å². The maximum absolute atomic E-state index is 12.2. The normalized spacial score (nSPS) is 16.1. The summed E-state index contributed by atoms with van der Waals surface area (Å²) in [7, 11) is 0. The van der Waals surface area contributed by atoms with Gasteiger partial charge in [-0.05, 0) is 24.7 Å². The highest BCUT2D eigenvalue weighted by Gasteiger charge is 2.25. The molecular formula is C21H40N2O6. The van der Waals surface area contributed by atoms with Crippen LogP contribution in [0.1, 0.15) is 46.0 Å². The van der Waals surface area contributed by atoms with E-state index in [2.05, 4.69) is 13.8 Å². The van der Waals surface area contributed by atoms with Crippen LogP contribution >= 0.6 is 0 Å². The van der Waals surface area contributed by atoms with Crippen molar-refractivity contribution in [3.05, 3.63) is 0 Å². The lowest BCUT2D eigenvalue weighted by atomic mass is 9.84. The summed E-state index contributed by atoms with van der Waals surface area (Å²) in [6.45, 7) is 9.87. The quantitative estimate of drug-likeness (QED) is 0.362. The number of piperidine rings is 1. The molecule has 1 aliphatic rings. The molecule has 1 aliphatic heterocycles. The Balaban J connectivity index is 1.85. The smallest absolute Gasteiger partial charge is 0.224 e. The van der Waals surface area contributed by atoms with E-state index in [0.29, 0.717) is 59.3 Å². The number of carbonyl (C=O) groups is 2. The molecule has 2 amide bonds. The predicted octanol–water partition coefficient (Wildman–Crippen LogP) is 1.60. The monoisotopic (exact) mass is 416 g/mol. The van der Waals surface area contributed by atoms with E-state index in [4.69, 9.17) is 24.7 Å². The van der Waals surface area contributed by atoms with Gasteiger partial charge in [0.05, 0.1) is 59.3 Å². The van der Waals surface area contributed by atoms with Gasteiger partial charge in [-0.15, -0.1) is 0 Å². The van der Waals surface area contributed by atoms with Crippen LogP contribution in [-0.4, -0.2) is 82.7 Å². The molecule has 29 heavy (non-hydrogen) atoms. The van der Waals surface area contributed by atoms with E-state index in [1.165, 1.54) is 6.42 Å². The van der Waals surface area contributed by atoms with Crippen molar-refractivity contribution in [2.75, 3.05) is 65.9 Å². The summed E-state index contributed by atoms with van der Waals surface area (Å²) in [4.78, 5) is 24.7. The van der Waals surface area contributed by atoms with Crippen LogP contribution in [0, 0.1) is 11.8 Å². The minimum Gasteiger partial charge on any atom is -0.379 e. The van der Waals surface area contributed by atoms with E-state index in [0.717, 1.165) is 37.8 Å². The topological polar surface area (TPSA) is 100 Å². The zero-order valence-corrected chi connectivity index (χ0v) is 18.2. The van der Waals surface area contributed by atoms with E-state index >= 15 is 0 Å². The van der Waals surface area contributed by atoms with E-state index in [1.807, 2.05) is 4.90 Å². The van der Waals surface area contributed by atoms with Gasteiger partial charge in [0.15, 0.2) is 0 Å². The molecule has 0 bridgehead atoms. The molecule has 1 rings (SSSR count). The molecule has 1 saturated heterocycles. The third kappa shape index (κ3) is 12.8. The molecular weight excluding hydrogens is 376 g/mol. The summed E-state index contributed by atoms with van der Waals surface area (Å²) in [6.07, 6.45) is 4.12. The molecule has 0 spiro atoms. The molecule has 0 saturated carbocycles. The van der Waals surface area contributed by atoms with Crippen molar-refractivity contribution >= 4 is 11.8 Å². The Labute approximate surface area is 175 Å². The van der Waals surface area contributed by atoms with Crippen LogP contribution in [-0.2, 0) is 28.5 Å². The SMILES string of the molecule is CCC(C)C1CCN(C(=O)CCOCCOCCOCCOCCC(N)=O)CC1. The molecule has 1 atom stereocenters. The fourth-order valence-corrected chi connectivity index (χ4v) is 3.30. The number of likely N-dealkylation sites (tertiary alicyclic amines) is 1. The lowest BCUT2D eigenvalue weighted by Gasteiger charge is -2.34. The van der Waals surface area contributed by atoms with Crippen LogP contribution in [0.15, 0.2) is 0 Å². The highest BCUT2D eigenvalue weighted by molar-refractivity contribution is 5.76. The number of carbonyl (C=O) groups excluding carboxylic acids is 2. The van der Waals surface area contributed by atoms with Crippen LogP contribution in [0.2, 0.25) is 0 Å². The summed E-state index contributed by atoms with van der Waals surface area (Å²) in [5, 5.41) is 0. The van der Waals surface area contributed by atoms with Gasteiger partial charge >= 0.3 is 0 Å². The number of nitrogens with two attached hydrogens (primary N) is 1. The number of hydrogen-bond acceptors (Lipinski definition) is 6. The molecule has 0 aromatic heterocycles. The van der Waals surface area contributed by atoms with Gasteiger partial charge in [-0.25, -0.2) is 0 Å². The minimum atomic E-state index is -0.368. The van der Waals surface area contributed by atoms with Crippen molar-refractivity contribution in [1.82, 2.24) is 4.90 Å². The van der Waals surface area contributed by atoms with E-state index < -0.39 is 0 Å². The van der Waals surface area contributed by atoms with Crippen molar-refractivity contribution in [3.63, 3.8) is 0 Å². The Hall–Kier alpha value is -1.22. The van der Waals surface area contributed by atoms with Crippen molar-refractivity contribution in [2.24, 2.45) is 17.6 Å². The van der Waals surface area contributed by atoms with Gasteiger partial charge in [0.25, 0.3) is 0 Å². The largest absolute Gasteiger partial charge is 0.379 e. The van der Waals surface area contributed by atoms with Gasteiger partial charge in [0.2, 0.25) is 11.8 Å². The number of nitrogens with zero attached hydrogens (tertiary/aromatic N) is 1. The molecule has 8 nitrogen and oxygen atoms in total. The van der Waals surface area contributed by atoms with Gasteiger partial charge in [0, 0.05) is 19.5 Å². The third-order valence-electron chi connectivity index (χ3n) is 5.41. The summed E-state index contributed by atoms with van der Waals surface area (Å²) in [6, 6.07) is 0. The lowest BCUT2D eigenvalue weighted by Crippen LogP contribution is -2.40. The van der Waals surface area contributed by atoms with Crippen molar-refractivity contribution < 1.29 is 28.5 Å². The van der Waals surface area contributed by atoms with E-state index in [-0.39, 0.29) is 18.2 Å². The first-order valence-electron chi connectivity index (χ1n) is 10.9. The molecule has 8 heteroatoms. The van der Waals surface area contributed by atoms with Crippen molar-refractivity contribution in [2.45, 2.75) is 46.0 Å². The molecule has 0 aromatic carbocycles. The van der Waals surface area contributed by atoms with Crippen LogP contribution in [0.25, 0.3) is 0 Å². The zero-order chi connectivity index (χ0) is 21.3. The fraction of sp³-hybridized carbons (Fsp3) is 0.905. The molecule has 1 heterocycles. The third-order valence-corrected chi connectivity index (χ3v) is 5.41. The van der Waals surface area contributed by atoms with Crippen LogP contribution in [0.3, 0.4) is 0 Å². The first kappa shape index (κ1) is 25.8. The van der Waals surface area contributed by atoms with E-state index in [1.54, 1.807) is 0 Å². The molecule has 0 aliphatic carbocycles. The summed E-state index contributed by atoms with van der Waals surface area (Å²) < 4.78 is 21.4. The standard InChI is InChI=1S/C21H40N2O6/c1-3-18(2)19-4-8-23(9-5-19)21(25)7-11-27-13-15-29-17-16-28-14-12-26-10-6-20(22)24/h18-19H,3-17H2,1-2H3,(H2,22,24). The minimum absolute atomic E-state index is 0.194. The Morgan fingerprint density at radius 1 is 0.862 bits per heavy atom. The first-order chi connectivity index (χ1) is 14.0. The molecule has 0 aromatic rings. The molecule has 1 unspecified atom stereocenters. The average Bonchev–Trinajstić information content (AvgIpc) is 2.73. The Kier molecular flexibility index (Phi) is 14.7. The highest BCUT2D eigenvalue weighted by Crippen LogP contribution is 2.26. The summed E-state index contributed by atoms with van der Waals surface area (Å²) in [5.41, 5.74) is 5.00. The van der Waals surface area contributed by atoms with Gasteiger partial charge in [-0.2, -0.15) is 0 Å². The fourth-order valence-electron chi connectivity index (χ4n) is 3.30. The van der Waals surface area contributed by atoms with E-state index in [9.17, 15) is 9.59 Å². The van der Waals surface area contributed by atoms with Crippen LogP contribution < -0.4 is 5.73 Å². The number of rotatable bonds is 17. The number of hydrogen-bond donors (Lipinski definition) is 1. The van der Waals surface area contributed by atoms with Gasteiger partial charge in [0.1, 0.15) is 0 Å². The number of primary amides is 1. The summed E-state index contributed by atoms with van der Waals surface area (Å²) >= 11 is 0. The molecule has 0 radical (unpaired) electrons. The van der Waals surface area contributed by atoms with Crippen LogP contribution in [0.4, 0.5) is 0 Å². The first-order valence-corrected chi connectivity index (χ1v) is 10.9. The molecule has 170 valence electrons. The molecule has 1 fully saturated rings. The second kappa shape index (κ2) is 16.6. The Morgan fingerprint density at radius 3 is 1.76 bits per heavy atom. The Bertz CT molecular complexity index is 441. The number of amides is 2. The second-order valence-corrected chi connectivity index (χ2v) is 7.52. The summed E-state index contributed by atoms with van der Waals surface area (Å²) in [5.74, 6) is 1.34. The second-order valence-electron chi connectivity index (χ2n) is 7.52. The van der Waals surface area contributed by atoms with Crippen molar-refractivity contribution in [3.8, 4) is 0 Å². The average molecular weight is 417 g/mol. The van der Waals surface area contributed by atoms with Gasteiger partial charge in [-0.3, -0.25) is 9.59 Å². The predicted molar refractivity (Wildman–Crippen MR) is 110 cm³/mol. The highest BCUT2D eigenvalue weighted by atomic mass is 16.6. The number of ether oxygens (including phenoxy) is 4. The van der Waals surface area contributed by atoms with Crippen molar-refractivity contribution in [1.29, 1.82) is 0 Å². The maximum Gasteiger partial charge on any atom is 0.224 e. The van der Waals surface area contributed by atoms with Gasteiger partial charge in [-0.1, -0.05) is 20.3 Å². The van der Waals surface area contributed by atoms with Gasteiger partial charge < -0.3 is 29.6 Å². The lowest BCUT2D eigenvalue weighted by molar-refractivity contribution is -0.134.